The van der Waals surface area contributed by atoms with Gasteiger partial charge in [-0.15, -0.1) is 5.10 Å². The van der Waals surface area contributed by atoms with Gasteiger partial charge in [0.1, 0.15) is 5.52 Å². The van der Waals surface area contributed by atoms with E-state index in [0.29, 0.717) is 0 Å². The van der Waals surface area contributed by atoms with Crippen LogP contribution in [0.4, 0.5) is 5.82 Å². The molecule has 3 rings (SSSR count). The van der Waals surface area contributed by atoms with Gasteiger partial charge in [-0.3, -0.25) is 0 Å². The van der Waals surface area contributed by atoms with Crippen molar-refractivity contribution in [2.24, 2.45) is 0 Å². The maximum atomic E-state index is 4.81. The Hall–Kier alpha value is -2.43. The van der Waals surface area contributed by atoms with Crippen LogP contribution in [0.15, 0.2) is 24.3 Å². The van der Waals surface area contributed by atoms with Crippen molar-refractivity contribution in [3.63, 3.8) is 0 Å². The summed E-state index contributed by atoms with van der Waals surface area (Å²) in [4.78, 5) is 2.07. The van der Waals surface area contributed by atoms with Crippen LogP contribution in [0.2, 0.25) is 0 Å². The molecule has 0 bridgehead atoms. The molecule has 114 valence electrons. The Morgan fingerprint density at radius 1 is 1.05 bits per heavy atom. The molecular weight excluding hydrogens is 274 g/mol. The highest BCUT2D eigenvalue weighted by Crippen LogP contribution is 2.28. The molecule has 3 aromatic rings. The van der Waals surface area contributed by atoms with Gasteiger partial charge in [-0.2, -0.15) is 10.2 Å². The van der Waals surface area contributed by atoms with Gasteiger partial charge >= 0.3 is 0 Å². The van der Waals surface area contributed by atoms with Crippen molar-refractivity contribution in [2.45, 2.75) is 27.7 Å². The van der Waals surface area contributed by atoms with E-state index in [2.05, 4.69) is 60.1 Å². The van der Waals surface area contributed by atoms with Gasteiger partial charge in [0.2, 0.25) is 0 Å². The lowest BCUT2D eigenvalue weighted by atomic mass is 10.2. The zero-order chi connectivity index (χ0) is 15.9. The zero-order valence-corrected chi connectivity index (χ0v) is 13.8. The minimum Gasteiger partial charge on any atom is -0.357 e. The summed E-state index contributed by atoms with van der Waals surface area (Å²) in [5.74, 6) is 0.831. The van der Waals surface area contributed by atoms with Crippen molar-refractivity contribution in [3.8, 4) is 5.69 Å². The normalized spacial score (nSPS) is 11.1. The van der Waals surface area contributed by atoms with Crippen LogP contribution < -0.4 is 4.90 Å². The molecule has 0 fully saturated rings. The minimum atomic E-state index is 0.831. The average molecular weight is 295 g/mol. The first-order valence-electron chi connectivity index (χ1n) is 7.53. The molecule has 2 aromatic heterocycles. The van der Waals surface area contributed by atoms with Gasteiger partial charge in [-0.05, 0) is 39.8 Å². The standard InChI is InChI=1S/C17H21N5/c1-6-21(5)17-16-15(12(3)18-19-17)13(4)22(20-16)14-9-7-11(2)8-10-14/h7-10H,6H2,1-5H3. The molecule has 22 heavy (non-hydrogen) atoms. The van der Waals surface area contributed by atoms with Gasteiger partial charge in [0, 0.05) is 13.6 Å². The van der Waals surface area contributed by atoms with Crippen LogP contribution in [0.25, 0.3) is 16.6 Å². The van der Waals surface area contributed by atoms with Crippen LogP contribution in [-0.4, -0.2) is 33.6 Å². The Labute approximate surface area is 130 Å². The SMILES string of the molecule is CCN(C)c1nnc(C)c2c(C)n(-c3ccc(C)cc3)nc12. The van der Waals surface area contributed by atoms with Crippen LogP contribution in [0.1, 0.15) is 23.9 Å². The molecule has 0 saturated heterocycles. The molecule has 0 N–H and O–H groups in total. The summed E-state index contributed by atoms with van der Waals surface area (Å²) in [5, 5.41) is 14.6. The van der Waals surface area contributed by atoms with E-state index < -0.39 is 0 Å². The molecule has 5 nitrogen and oxygen atoms in total. The van der Waals surface area contributed by atoms with Gasteiger partial charge in [0.15, 0.2) is 5.82 Å². The fraction of sp³-hybridized carbons (Fsp3) is 0.353. The van der Waals surface area contributed by atoms with E-state index in [4.69, 9.17) is 5.10 Å². The maximum absolute atomic E-state index is 4.81. The van der Waals surface area contributed by atoms with Crippen molar-refractivity contribution >= 4 is 16.7 Å². The number of nitrogens with zero attached hydrogens (tertiary/aromatic N) is 5. The second-order valence-electron chi connectivity index (χ2n) is 5.68. The molecule has 0 spiro atoms. The molecular formula is C17H21N5. The summed E-state index contributed by atoms with van der Waals surface area (Å²) < 4.78 is 1.98. The van der Waals surface area contributed by atoms with Crippen LogP contribution >= 0.6 is 0 Å². The first-order chi connectivity index (χ1) is 10.5. The summed E-state index contributed by atoms with van der Waals surface area (Å²) >= 11 is 0. The zero-order valence-electron chi connectivity index (χ0n) is 13.8. The Balaban J connectivity index is 2.27. The van der Waals surface area contributed by atoms with Crippen molar-refractivity contribution in [1.82, 2.24) is 20.0 Å². The average Bonchev–Trinajstić information content (AvgIpc) is 2.86. The first kappa shape index (κ1) is 14.5. The van der Waals surface area contributed by atoms with Gasteiger partial charge in [-0.1, -0.05) is 17.7 Å². The molecule has 5 heteroatoms. The highest BCUT2D eigenvalue weighted by atomic mass is 15.3. The van der Waals surface area contributed by atoms with Gasteiger partial charge in [0.05, 0.1) is 22.5 Å². The largest absolute Gasteiger partial charge is 0.357 e. The lowest BCUT2D eigenvalue weighted by molar-refractivity contribution is 0.853. The fourth-order valence-electron chi connectivity index (χ4n) is 2.66. The monoisotopic (exact) mass is 295 g/mol. The van der Waals surface area contributed by atoms with E-state index in [-0.39, 0.29) is 0 Å². The summed E-state index contributed by atoms with van der Waals surface area (Å²) in [6.45, 7) is 9.11. The number of fused-ring (bicyclic) bond motifs is 1. The van der Waals surface area contributed by atoms with Crippen molar-refractivity contribution in [3.05, 3.63) is 41.2 Å². The van der Waals surface area contributed by atoms with Crippen LogP contribution in [0, 0.1) is 20.8 Å². The summed E-state index contributed by atoms with van der Waals surface area (Å²) in [6, 6.07) is 8.38. The van der Waals surface area contributed by atoms with E-state index >= 15 is 0 Å². The van der Waals surface area contributed by atoms with Crippen LogP contribution in [0.5, 0.6) is 0 Å². The molecule has 0 saturated carbocycles. The fourth-order valence-corrected chi connectivity index (χ4v) is 2.66. The van der Waals surface area contributed by atoms with E-state index in [0.717, 1.165) is 40.3 Å². The van der Waals surface area contributed by atoms with E-state index in [9.17, 15) is 0 Å². The Morgan fingerprint density at radius 2 is 1.73 bits per heavy atom. The third-order valence-corrected chi connectivity index (χ3v) is 4.10. The van der Waals surface area contributed by atoms with E-state index in [1.165, 1.54) is 5.56 Å². The van der Waals surface area contributed by atoms with Crippen LogP contribution in [-0.2, 0) is 0 Å². The maximum Gasteiger partial charge on any atom is 0.179 e. The van der Waals surface area contributed by atoms with Gasteiger partial charge in [-0.25, -0.2) is 4.68 Å². The smallest absolute Gasteiger partial charge is 0.179 e. The van der Waals surface area contributed by atoms with Gasteiger partial charge < -0.3 is 4.90 Å². The number of rotatable bonds is 3. The predicted octanol–water partition coefficient (Wildman–Crippen LogP) is 3.20. The molecule has 0 aliphatic carbocycles. The lowest BCUT2D eigenvalue weighted by Crippen LogP contribution is -2.18. The van der Waals surface area contributed by atoms with Crippen LogP contribution in [0.3, 0.4) is 0 Å². The summed E-state index contributed by atoms with van der Waals surface area (Å²) in [6.07, 6.45) is 0. The number of anilines is 1. The summed E-state index contributed by atoms with van der Waals surface area (Å²) in [7, 11) is 2.01. The molecule has 0 amide bonds. The molecule has 0 aliphatic rings. The number of hydrogen-bond donors (Lipinski definition) is 0. The molecule has 0 radical (unpaired) electrons. The minimum absolute atomic E-state index is 0.831. The molecule has 2 heterocycles. The Bertz CT molecular complexity index is 817. The molecule has 0 aliphatic heterocycles. The second kappa shape index (κ2) is 5.40. The predicted molar refractivity (Wildman–Crippen MR) is 89.8 cm³/mol. The first-order valence-corrected chi connectivity index (χ1v) is 7.53. The van der Waals surface area contributed by atoms with E-state index in [1.54, 1.807) is 0 Å². The molecule has 0 unspecified atom stereocenters. The number of benzene rings is 1. The highest BCUT2D eigenvalue weighted by molar-refractivity contribution is 5.92. The molecule has 1 aromatic carbocycles. The molecule has 0 atom stereocenters. The van der Waals surface area contributed by atoms with Gasteiger partial charge in [0.25, 0.3) is 0 Å². The third-order valence-electron chi connectivity index (χ3n) is 4.10. The van der Waals surface area contributed by atoms with Crippen molar-refractivity contribution < 1.29 is 0 Å². The van der Waals surface area contributed by atoms with Crippen molar-refractivity contribution in [2.75, 3.05) is 18.5 Å². The number of aromatic nitrogens is 4. The Kier molecular flexibility index (Phi) is 3.56. The second-order valence-corrected chi connectivity index (χ2v) is 5.68. The number of aryl methyl sites for hydroxylation is 3. The quantitative estimate of drug-likeness (QED) is 0.744. The Morgan fingerprint density at radius 3 is 2.36 bits per heavy atom. The third kappa shape index (κ3) is 2.22. The van der Waals surface area contributed by atoms with Crippen molar-refractivity contribution in [1.29, 1.82) is 0 Å². The lowest BCUT2D eigenvalue weighted by Gasteiger charge is -2.15. The summed E-state index contributed by atoms with van der Waals surface area (Å²) in [5.41, 5.74) is 5.22. The number of hydrogen-bond acceptors (Lipinski definition) is 4. The van der Waals surface area contributed by atoms with E-state index in [1.807, 2.05) is 18.7 Å². The highest BCUT2D eigenvalue weighted by Gasteiger charge is 2.18. The topological polar surface area (TPSA) is 46.8 Å².